The van der Waals surface area contributed by atoms with E-state index in [0.29, 0.717) is 13.2 Å². The first-order chi connectivity index (χ1) is 13.3. The number of nitrogens with one attached hydrogen (secondary N) is 1. The number of hydrogen-bond donors (Lipinski definition) is 1. The number of aromatic nitrogens is 1. The predicted octanol–water partition coefficient (Wildman–Crippen LogP) is 4.16. The Kier molecular flexibility index (Phi) is 5.39. The van der Waals surface area contributed by atoms with E-state index in [1.807, 2.05) is 52.7 Å². The molecule has 1 atom stereocenters. The van der Waals surface area contributed by atoms with Gasteiger partial charge in [0.05, 0.1) is 24.5 Å². The topological polar surface area (TPSA) is 67.6 Å². The number of thiazole rings is 1. The largest absolute Gasteiger partial charge is 0.491 e. The normalized spacial score (nSPS) is 16.4. The second-order valence-electron chi connectivity index (χ2n) is 6.39. The van der Waals surface area contributed by atoms with Crippen LogP contribution < -0.4 is 10.1 Å². The molecule has 1 aliphatic rings. The highest BCUT2D eigenvalue weighted by Crippen LogP contribution is 2.24. The minimum Gasteiger partial charge on any atom is -0.491 e. The fourth-order valence-corrected chi connectivity index (χ4v) is 3.94. The number of furan rings is 1. The van der Waals surface area contributed by atoms with Crippen LogP contribution in [0.5, 0.6) is 5.75 Å². The highest BCUT2D eigenvalue weighted by atomic mass is 32.1. The molecule has 27 heavy (non-hydrogen) atoms. The number of carbonyl (C=O) groups excluding carboxylic acids is 1. The van der Waals surface area contributed by atoms with Crippen molar-refractivity contribution in [2.45, 2.75) is 25.4 Å². The SMILES string of the molecule is O=C(NCc1csc(-c2ccco2)n1)N1CCC[C@H]1COc1ccccc1. The molecule has 3 aromatic rings. The summed E-state index contributed by atoms with van der Waals surface area (Å²) in [5.74, 6) is 1.58. The predicted molar refractivity (Wildman–Crippen MR) is 104 cm³/mol. The van der Waals surface area contributed by atoms with E-state index < -0.39 is 0 Å². The summed E-state index contributed by atoms with van der Waals surface area (Å²) in [6.45, 7) is 1.67. The highest BCUT2D eigenvalue weighted by molar-refractivity contribution is 7.13. The van der Waals surface area contributed by atoms with Gasteiger partial charge in [-0.1, -0.05) is 18.2 Å². The zero-order valence-electron chi connectivity index (χ0n) is 14.8. The molecule has 2 amide bonds. The van der Waals surface area contributed by atoms with Gasteiger partial charge in [-0.25, -0.2) is 9.78 Å². The molecule has 3 heterocycles. The maximum Gasteiger partial charge on any atom is 0.318 e. The monoisotopic (exact) mass is 383 g/mol. The number of benzene rings is 1. The van der Waals surface area contributed by atoms with Crippen molar-refractivity contribution in [2.24, 2.45) is 0 Å². The van der Waals surface area contributed by atoms with Crippen LogP contribution in [-0.4, -0.2) is 35.1 Å². The Labute approximate surface area is 161 Å². The van der Waals surface area contributed by atoms with Gasteiger partial charge < -0.3 is 19.4 Å². The number of hydrogen-bond acceptors (Lipinski definition) is 5. The van der Waals surface area contributed by atoms with Crippen molar-refractivity contribution in [2.75, 3.05) is 13.2 Å². The van der Waals surface area contributed by atoms with Crippen LogP contribution >= 0.6 is 11.3 Å². The van der Waals surface area contributed by atoms with Crippen molar-refractivity contribution in [1.82, 2.24) is 15.2 Å². The van der Waals surface area contributed by atoms with E-state index in [1.165, 1.54) is 11.3 Å². The van der Waals surface area contributed by atoms with Crippen LogP contribution in [0.2, 0.25) is 0 Å². The average molecular weight is 383 g/mol. The molecule has 140 valence electrons. The lowest BCUT2D eigenvalue weighted by Crippen LogP contribution is -2.44. The third kappa shape index (κ3) is 4.31. The summed E-state index contributed by atoms with van der Waals surface area (Å²) in [7, 11) is 0. The summed E-state index contributed by atoms with van der Waals surface area (Å²) < 4.78 is 11.2. The standard InChI is InChI=1S/C20H21N3O3S/c24-20(21-12-15-14-27-19(22-15)18-9-5-11-25-18)23-10-4-6-16(23)13-26-17-7-2-1-3-8-17/h1-3,5,7-9,11,14,16H,4,6,10,12-13H2,(H,21,24)/t16-/m0/s1. The van der Waals surface area contributed by atoms with Gasteiger partial charge in [-0.3, -0.25) is 0 Å². The number of rotatable bonds is 6. The quantitative estimate of drug-likeness (QED) is 0.694. The Morgan fingerprint density at radius 3 is 3.00 bits per heavy atom. The summed E-state index contributed by atoms with van der Waals surface area (Å²) in [4.78, 5) is 19.0. The fourth-order valence-electron chi connectivity index (χ4n) is 3.15. The summed E-state index contributed by atoms with van der Waals surface area (Å²) in [6, 6.07) is 13.4. The summed E-state index contributed by atoms with van der Waals surface area (Å²) in [5, 5.41) is 5.73. The first-order valence-corrected chi connectivity index (χ1v) is 9.88. The Morgan fingerprint density at radius 2 is 2.19 bits per heavy atom. The van der Waals surface area contributed by atoms with Crippen molar-refractivity contribution >= 4 is 17.4 Å². The lowest BCUT2D eigenvalue weighted by atomic mass is 10.2. The first kappa shape index (κ1) is 17.6. The lowest BCUT2D eigenvalue weighted by Gasteiger charge is -2.25. The summed E-state index contributed by atoms with van der Waals surface area (Å²) in [6.07, 6.45) is 3.58. The Bertz CT molecular complexity index is 864. The summed E-state index contributed by atoms with van der Waals surface area (Å²) in [5.41, 5.74) is 0.830. The van der Waals surface area contributed by atoms with Crippen LogP contribution in [0.1, 0.15) is 18.5 Å². The number of urea groups is 1. The van der Waals surface area contributed by atoms with Gasteiger partial charge in [0.25, 0.3) is 0 Å². The third-order valence-corrected chi connectivity index (χ3v) is 5.43. The van der Waals surface area contributed by atoms with Crippen LogP contribution in [-0.2, 0) is 6.54 Å². The number of likely N-dealkylation sites (tertiary alicyclic amines) is 1. The molecule has 0 saturated carbocycles. The molecule has 4 rings (SSSR count). The molecule has 2 aromatic heterocycles. The van der Waals surface area contributed by atoms with E-state index in [4.69, 9.17) is 9.15 Å². The average Bonchev–Trinajstić information content (AvgIpc) is 3.46. The molecule has 1 N–H and O–H groups in total. The molecule has 6 nitrogen and oxygen atoms in total. The molecular formula is C20H21N3O3S. The highest BCUT2D eigenvalue weighted by Gasteiger charge is 2.29. The lowest BCUT2D eigenvalue weighted by molar-refractivity contribution is 0.165. The summed E-state index contributed by atoms with van der Waals surface area (Å²) >= 11 is 1.51. The van der Waals surface area contributed by atoms with Gasteiger partial charge in [0.15, 0.2) is 10.8 Å². The number of nitrogens with zero attached hydrogens (tertiary/aromatic N) is 2. The molecule has 1 aromatic carbocycles. The van der Waals surface area contributed by atoms with Crippen LogP contribution in [0.15, 0.2) is 58.5 Å². The first-order valence-electron chi connectivity index (χ1n) is 9.00. The maximum atomic E-state index is 12.6. The molecule has 0 radical (unpaired) electrons. The molecular weight excluding hydrogens is 362 g/mol. The van der Waals surface area contributed by atoms with Gasteiger partial charge in [0.1, 0.15) is 12.4 Å². The van der Waals surface area contributed by atoms with Crippen LogP contribution in [0, 0.1) is 0 Å². The second-order valence-corrected chi connectivity index (χ2v) is 7.25. The van der Waals surface area contributed by atoms with Crippen molar-refractivity contribution in [1.29, 1.82) is 0 Å². The number of para-hydroxylation sites is 1. The van der Waals surface area contributed by atoms with E-state index in [0.717, 1.165) is 41.6 Å². The minimum atomic E-state index is -0.0679. The molecule has 7 heteroatoms. The molecule has 0 bridgehead atoms. The zero-order chi connectivity index (χ0) is 18.5. The molecule has 0 spiro atoms. The van der Waals surface area contributed by atoms with Gasteiger partial charge in [-0.15, -0.1) is 11.3 Å². The number of amides is 2. The molecule has 1 saturated heterocycles. The van der Waals surface area contributed by atoms with E-state index in [-0.39, 0.29) is 12.1 Å². The Hall–Kier alpha value is -2.80. The maximum absolute atomic E-state index is 12.6. The molecule has 0 aliphatic carbocycles. The van der Waals surface area contributed by atoms with Crippen LogP contribution in [0.4, 0.5) is 4.79 Å². The van der Waals surface area contributed by atoms with Crippen molar-refractivity contribution < 1.29 is 13.9 Å². The fraction of sp³-hybridized carbons (Fsp3) is 0.300. The van der Waals surface area contributed by atoms with E-state index >= 15 is 0 Å². The minimum absolute atomic E-state index is 0.0679. The van der Waals surface area contributed by atoms with Gasteiger partial charge in [-0.05, 0) is 37.1 Å². The Balaban J connectivity index is 1.29. The Morgan fingerprint density at radius 1 is 1.30 bits per heavy atom. The van der Waals surface area contributed by atoms with E-state index in [2.05, 4.69) is 10.3 Å². The van der Waals surface area contributed by atoms with Crippen molar-refractivity contribution in [3.8, 4) is 16.5 Å². The van der Waals surface area contributed by atoms with Crippen LogP contribution in [0.25, 0.3) is 10.8 Å². The third-order valence-electron chi connectivity index (χ3n) is 4.53. The van der Waals surface area contributed by atoms with Crippen LogP contribution in [0.3, 0.4) is 0 Å². The smallest absolute Gasteiger partial charge is 0.318 e. The van der Waals surface area contributed by atoms with Gasteiger partial charge in [0, 0.05) is 11.9 Å². The second kappa shape index (κ2) is 8.26. The molecule has 1 aliphatic heterocycles. The molecule has 0 unspecified atom stereocenters. The van der Waals surface area contributed by atoms with Crippen molar-refractivity contribution in [3.05, 3.63) is 59.8 Å². The number of ether oxygens (including phenoxy) is 1. The zero-order valence-corrected chi connectivity index (χ0v) is 15.7. The van der Waals surface area contributed by atoms with E-state index in [9.17, 15) is 4.79 Å². The van der Waals surface area contributed by atoms with Gasteiger partial charge >= 0.3 is 6.03 Å². The van der Waals surface area contributed by atoms with Crippen molar-refractivity contribution in [3.63, 3.8) is 0 Å². The molecule has 1 fully saturated rings. The van der Waals surface area contributed by atoms with E-state index in [1.54, 1.807) is 6.26 Å². The van der Waals surface area contributed by atoms with Gasteiger partial charge in [-0.2, -0.15) is 0 Å². The number of carbonyl (C=O) groups is 1. The van der Waals surface area contributed by atoms with Gasteiger partial charge in [0.2, 0.25) is 0 Å².